The van der Waals surface area contributed by atoms with Gasteiger partial charge in [0, 0.05) is 5.56 Å². The van der Waals surface area contributed by atoms with E-state index in [4.69, 9.17) is 0 Å². The zero-order valence-electron chi connectivity index (χ0n) is 31.7. The van der Waals surface area contributed by atoms with Crippen molar-refractivity contribution < 1.29 is 88.7 Å². The summed E-state index contributed by atoms with van der Waals surface area (Å²) in [5, 5.41) is 23.8. The summed E-state index contributed by atoms with van der Waals surface area (Å²) >= 11 is 0. The number of carbonyl (C=O) groups is 1. The number of anilines is 1. The molecule has 0 saturated heterocycles. The molecule has 0 aliphatic rings. The largest absolute Gasteiger partial charge is 1.00 e. The molecule has 4 aromatic rings. The molecule has 0 atom stereocenters. The molecule has 4 rings (SSSR count). The molecule has 0 saturated carbocycles. The van der Waals surface area contributed by atoms with Crippen LogP contribution in [0.5, 0.6) is 5.75 Å². The number of rotatable bonds is 21. The molecular weight excluding hydrogens is 762 g/mol. The van der Waals surface area contributed by atoms with Crippen molar-refractivity contribution in [2.24, 2.45) is 10.2 Å². The monoisotopic (exact) mass is 809 g/mol. The number of azo groups is 1. The van der Waals surface area contributed by atoms with Crippen LogP contribution < -0.4 is 62.3 Å². The van der Waals surface area contributed by atoms with Crippen LogP contribution in [0.3, 0.4) is 0 Å². The predicted molar refractivity (Wildman–Crippen MR) is 203 cm³/mol. The van der Waals surface area contributed by atoms with Gasteiger partial charge in [-0.1, -0.05) is 108 Å². The van der Waals surface area contributed by atoms with E-state index in [1.54, 1.807) is 42.5 Å². The quantitative estimate of drug-likeness (QED) is 0.0298. The Labute approximate surface area is 360 Å². The van der Waals surface area contributed by atoms with Gasteiger partial charge in [-0.3, -0.25) is 23.8 Å². The van der Waals surface area contributed by atoms with Crippen molar-refractivity contribution in [1.29, 1.82) is 0 Å². The first-order valence-corrected chi connectivity index (χ1v) is 20.7. The Bertz CT molecular complexity index is 2110. The Morgan fingerprint density at radius 1 is 0.759 bits per heavy atom. The SMILES string of the molecule is CCCCCCCCCCCCCCCc1ccc(N=Nc2c(NC(=O)c3cc(S(=O)(=O)O)cc(S(=O)(=O)O)c3)[nH]n(-c3ccccc3)c2=O)c(O)c1.[H-].[K+]. The number of carbonyl (C=O) groups excluding carboxylic acids is 1. The van der Waals surface area contributed by atoms with Crippen LogP contribution in [0.1, 0.15) is 108 Å². The molecule has 0 aliphatic carbocycles. The van der Waals surface area contributed by atoms with Crippen molar-refractivity contribution in [1.82, 2.24) is 9.78 Å². The summed E-state index contributed by atoms with van der Waals surface area (Å²) in [6.07, 6.45) is 17.1. The molecule has 288 valence electrons. The maximum Gasteiger partial charge on any atom is 1.00 e. The molecule has 0 spiro atoms. The first-order valence-electron chi connectivity index (χ1n) is 17.8. The van der Waals surface area contributed by atoms with Gasteiger partial charge in [-0.25, -0.2) is 4.68 Å². The van der Waals surface area contributed by atoms with Crippen LogP contribution >= 0.6 is 0 Å². The minimum Gasteiger partial charge on any atom is -1.00 e. The number of aromatic amines is 1. The van der Waals surface area contributed by atoms with Crippen molar-refractivity contribution in [2.75, 3.05) is 5.32 Å². The summed E-state index contributed by atoms with van der Waals surface area (Å²) in [4.78, 5) is 24.8. The number of nitrogens with one attached hydrogen (secondary N) is 2. The van der Waals surface area contributed by atoms with E-state index < -0.39 is 52.7 Å². The average Bonchev–Trinajstić information content (AvgIpc) is 3.43. The minimum absolute atomic E-state index is 0. The minimum atomic E-state index is -5.00. The topological polar surface area (TPSA) is 221 Å². The van der Waals surface area contributed by atoms with Gasteiger partial charge in [0.2, 0.25) is 0 Å². The van der Waals surface area contributed by atoms with Crippen LogP contribution in [0, 0.1) is 0 Å². The van der Waals surface area contributed by atoms with Crippen LogP contribution in [-0.2, 0) is 26.7 Å². The number of aromatic hydroxyl groups is 1. The smallest absolute Gasteiger partial charge is 1.00 e. The van der Waals surface area contributed by atoms with Gasteiger partial charge >= 0.3 is 56.9 Å². The summed E-state index contributed by atoms with van der Waals surface area (Å²) in [5.74, 6) is -1.60. The van der Waals surface area contributed by atoms with Crippen LogP contribution in [0.2, 0.25) is 0 Å². The second-order valence-electron chi connectivity index (χ2n) is 12.9. The first kappa shape index (κ1) is 45.4. The van der Waals surface area contributed by atoms with Crippen molar-refractivity contribution in [2.45, 2.75) is 107 Å². The van der Waals surface area contributed by atoms with Crippen molar-refractivity contribution in [3.63, 3.8) is 0 Å². The number of amides is 1. The average molecular weight is 810 g/mol. The summed E-state index contributed by atoms with van der Waals surface area (Å²) in [6, 6.07) is 15.1. The van der Waals surface area contributed by atoms with Gasteiger partial charge in [0.25, 0.3) is 26.1 Å². The molecule has 1 amide bonds. The van der Waals surface area contributed by atoms with Gasteiger partial charge in [-0.15, -0.1) is 10.2 Å². The van der Waals surface area contributed by atoms with Gasteiger partial charge in [0.15, 0.2) is 11.5 Å². The molecule has 5 N–H and O–H groups in total. The number of unbranched alkanes of at least 4 members (excludes halogenated alkanes) is 12. The van der Waals surface area contributed by atoms with E-state index in [0.717, 1.165) is 29.5 Å². The molecule has 0 bridgehead atoms. The van der Waals surface area contributed by atoms with E-state index in [-0.39, 0.29) is 70.1 Å². The van der Waals surface area contributed by atoms with E-state index in [2.05, 4.69) is 27.6 Å². The fourth-order valence-electron chi connectivity index (χ4n) is 5.81. The molecule has 14 nitrogen and oxygen atoms in total. The Kier molecular flexibility index (Phi) is 18.4. The Balaban J connectivity index is 0.00000523. The number of hydrogen-bond acceptors (Lipinski definition) is 9. The zero-order valence-corrected chi connectivity index (χ0v) is 35.5. The molecule has 0 aliphatic heterocycles. The predicted octanol–water partition coefficient (Wildman–Crippen LogP) is 5.78. The molecule has 3 aromatic carbocycles. The number of aryl methyl sites for hydroxylation is 1. The molecule has 1 heterocycles. The second-order valence-corrected chi connectivity index (χ2v) is 15.8. The summed E-state index contributed by atoms with van der Waals surface area (Å²) in [6.45, 7) is 2.24. The van der Waals surface area contributed by atoms with E-state index in [0.29, 0.717) is 23.9 Å². The Morgan fingerprint density at radius 2 is 1.30 bits per heavy atom. The maximum absolute atomic E-state index is 13.5. The van der Waals surface area contributed by atoms with Crippen molar-refractivity contribution in [3.8, 4) is 11.4 Å². The molecule has 0 unspecified atom stereocenters. The number of aromatic nitrogens is 2. The summed E-state index contributed by atoms with van der Waals surface area (Å²) < 4.78 is 67.1. The van der Waals surface area contributed by atoms with Crippen molar-refractivity contribution in [3.05, 3.63) is 88.2 Å². The van der Waals surface area contributed by atoms with Gasteiger partial charge in [-0.2, -0.15) is 16.8 Å². The number of phenols is 1. The first-order chi connectivity index (χ1) is 25.3. The molecule has 0 radical (unpaired) electrons. The summed E-state index contributed by atoms with van der Waals surface area (Å²) in [7, 11) is -10.00. The van der Waals surface area contributed by atoms with Crippen LogP contribution in [0.4, 0.5) is 17.2 Å². The third kappa shape index (κ3) is 13.9. The maximum atomic E-state index is 13.5. The van der Waals surface area contributed by atoms with E-state index >= 15 is 0 Å². The van der Waals surface area contributed by atoms with Crippen LogP contribution in [0.25, 0.3) is 5.69 Å². The Hall–Kier alpha value is -3.00. The second kappa shape index (κ2) is 21.9. The number of H-pyrrole nitrogens is 1. The third-order valence-corrected chi connectivity index (χ3v) is 10.4. The molecule has 17 heteroatoms. The molecule has 0 fully saturated rings. The standard InChI is InChI=1S/C37H47N5O9S2.K.H/c1-2-3-4-5-6-7-8-9-10-11-12-13-15-18-27-21-22-32(33(43)23-27)39-40-34-35(41-42(37(34)45)29-19-16-14-17-20-29)38-36(44)28-24-30(52(46,47)48)26-31(25-28)53(49,50)51;;/h14,16-17,19-26,41,43H,2-13,15,18H2,1H3,(H,38,44)(H,46,47,48)(H,49,50,51);;/q;+1;-1. The number of nitrogens with zero attached hydrogens (tertiary/aromatic N) is 3. The van der Waals surface area contributed by atoms with Gasteiger partial charge in [0.1, 0.15) is 11.4 Å². The fourth-order valence-corrected chi connectivity index (χ4v) is 6.99. The normalized spacial score (nSPS) is 11.8. The number of phenolic OH excluding ortho intramolecular Hbond substituents is 1. The van der Waals surface area contributed by atoms with Gasteiger partial charge in [0.05, 0.1) is 15.5 Å². The summed E-state index contributed by atoms with van der Waals surface area (Å²) in [5.41, 5.74) is -0.418. The van der Waals surface area contributed by atoms with Crippen LogP contribution in [0.15, 0.2) is 91.5 Å². The van der Waals surface area contributed by atoms with Crippen LogP contribution in [-0.4, -0.2) is 46.7 Å². The number of benzene rings is 3. The Morgan fingerprint density at radius 3 is 1.81 bits per heavy atom. The third-order valence-electron chi connectivity index (χ3n) is 8.72. The van der Waals surface area contributed by atoms with Gasteiger partial charge < -0.3 is 11.8 Å². The van der Waals surface area contributed by atoms with Gasteiger partial charge in [-0.05, 0) is 60.9 Å². The van der Waals surface area contributed by atoms with E-state index in [1.165, 1.54) is 70.6 Å². The number of para-hydroxylation sites is 1. The molecule has 1 aromatic heterocycles. The van der Waals surface area contributed by atoms with E-state index in [9.17, 15) is 40.6 Å². The molecular formula is C37H48KN5O9S2. The number of hydrogen-bond donors (Lipinski definition) is 5. The molecule has 54 heavy (non-hydrogen) atoms. The fraction of sp³-hybridized carbons (Fsp3) is 0.405. The zero-order chi connectivity index (χ0) is 38.4. The van der Waals surface area contributed by atoms with Crippen molar-refractivity contribution >= 4 is 43.3 Å². The van der Waals surface area contributed by atoms with E-state index in [1.807, 2.05) is 6.07 Å².